The second-order valence-electron chi connectivity index (χ2n) is 5.17. The van der Waals surface area contributed by atoms with Gasteiger partial charge in [-0.25, -0.2) is 0 Å². The number of hydrogen-bond donors (Lipinski definition) is 1. The van der Waals surface area contributed by atoms with Crippen LogP contribution in [-0.2, 0) is 6.54 Å². The van der Waals surface area contributed by atoms with Crippen molar-refractivity contribution in [2.24, 2.45) is 0 Å². The van der Waals surface area contributed by atoms with Crippen molar-refractivity contribution in [3.05, 3.63) is 70.2 Å². The van der Waals surface area contributed by atoms with Crippen LogP contribution in [0, 0.1) is 0 Å². The monoisotopic (exact) mass is 345 g/mol. The molecule has 0 atom stereocenters. The number of rotatable bonds is 5. The van der Waals surface area contributed by atoms with Crippen LogP contribution in [0.1, 0.15) is 12.5 Å². The minimum Gasteiger partial charge on any atom is -0.494 e. The van der Waals surface area contributed by atoms with E-state index in [9.17, 15) is 0 Å². The van der Waals surface area contributed by atoms with Gasteiger partial charge in [0.1, 0.15) is 5.75 Å². The molecule has 118 valence electrons. The predicted octanol–water partition coefficient (Wildman–Crippen LogP) is 6.16. The smallest absolute Gasteiger partial charge is 0.124 e. The maximum Gasteiger partial charge on any atom is 0.124 e. The van der Waals surface area contributed by atoms with Crippen LogP contribution in [0.15, 0.2) is 54.6 Å². The van der Waals surface area contributed by atoms with Crippen LogP contribution in [0.3, 0.4) is 0 Å². The summed E-state index contributed by atoms with van der Waals surface area (Å²) >= 11 is 12.3. The molecule has 3 aromatic rings. The van der Waals surface area contributed by atoms with E-state index in [0.717, 1.165) is 17.0 Å². The number of hydrogen-bond acceptors (Lipinski definition) is 2. The SMILES string of the molecule is CCOc1ccc2ccccc2c1CNc1cc(Cl)ccc1Cl. The number of nitrogens with one attached hydrogen (secondary N) is 1. The van der Waals surface area contributed by atoms with Gasteiger partial charge in [0.15, 0.2) is 0 Å². The van der Waals surface area contributed by atoms with Gasteiger partial charge in [-0.15, -0.1) is 0 Å². The first-order chi connectivity index (χ1) is 11.2. The van der Waals surface area contributed by atoms with Crippen molar-refractivity contribution in [2.75, 3.05) is 11.9 Å². The normalized spacial score (nSPS) is 10.7. The lowest BCUT2D eigenvalue weighted by Crippen LogP contribution is -2.04. The number of ether oxygens (including phenoxy) is 1. The minimum absolute atomic E-state index is 0.608. The van der Waals surface area contributed by atoms with Crippen LogP contribution in [0.25, 0.3) is 10.8 Å². The molecule has 0 saturated carbocycles. The van der Waals surface area contributed by atoms with Crippen molar-refractivity contribution < 1.29 is 4.74 Å². The van der Waals surface area contributed by atoms with Crippen LogP contribution in [-0.4, -0.2) is 6.61 Å². The predicted molar refractivity (Wildman–Crippen MR) is 98.9 cm³/mol. The number of halogens is 2. The van der Waals surface area contributed by atoms with Crippen molar-refractivity contribution in [3.63, 3.8) is 0 Å². The molecule has 0 unspecified atom stereocenters. The second-order valence-corrected chi connectivity index (χ2v) is 6.02. The van der Waals surface area contributed by atoms with E-state index in [1.54, 1.807) is 12.1 Å². The van der Waals surface area contributed by atoms with Crippen LogP contribution in [0.5, 0.6) is 5.75 Å². The van der Waals surface area contributed by atoms with Crippen molar-refractivity contribution in [3.8, 4) is 5.75 Å². The van der Waals surface area contributed by atoms with E-state index in [1.807, 2.05) is 31.2 Å². The summed E-state index contributed by atoms with van der Waals surface area (Å²) in [5, 5.41) is 7.02. The van der Waals surface area contributed by atoms with Gasteiger partial charge in [0, 0.05) is 17.1 Å². The first-order valence-electron chi connectivity index (χ1n) is 7.51. The Bertz CT molecular complexity index is 833. The summed E-state index contributed by atoms with van der Waals surface area (Å²) < 4.78 is 5.79. The van der Waals surface area contributed by atoms with Crippen molar-refractivity contribution in [1.29, 1.82) is 0 Å². The van der Waals surface area contributed by atoms with Gasteiger partial charge in [-0.1, -0.05) is 53.5 Å². The first-order valence-corrected chi connectivity index (χ1v) is 8.27. The van der Waals surface area contributed by atoms with Gasteiger partial charge in [0.2, 0.25) is 0 Å². The molecular formula is C19H17Cl2NO. The average molecular weight is 346 g/mol. The molecule has 0 aliphatic carbocycles. The summed E-state index contributed by atoms with van der Waals surface area (Å²) in [5.41, 5.74) is 1.93. The highest BCUT2D eigenvalue weighted by molar-refractivity contribution is 6.35. The molecule has 1 N–H and O–H groups in total. The van der Waals surface area contributed by atoms with Gasteiger partial charge in [-0.05, 0) is 42.0 Å². The highest BCUT2D eigenvalue weighted by Crippen LogP contribution is 2.31. The standard InChI is InChI=1S/C19H17Cl2NO/c1-2-23-19-10-7-13-5-3-4-6-15(13)16(19)12-22-18-11-14(20)8-9-17(18)21/h3-11,22H,2,12H2,1H3. The van der Waals surface area contributed by atoms with Gasteiger partial charge in [0.25, 0.3) is 0 Å². The number of benzene rings is 3. The second kappa shape index (κ2) is 7.12. The van der Waals surface area contributed by atoms with Gasteiger partial charge >= 0.3 is 0 Å². The Morgan fingerprint density at radius 3 is 2.65 bits per heavy atom. The molecular weight excluding hydrogens is 329 g/mol. The third-order valence-corrected chi connectivity index (χ3v) is 4.25. The fourth-order valence-electron chi connectivity index (χ4n) is 2.61. The summed E-state index contributed by atoms with van der Waals surface area (Å²) in [5.74, 6) is 0.886. The minimum atomic E-state index is 0.608. The van der Waals surface area contributed by atoms with E-state index in [1.165, 1.54) is 10.8 Å². The van der Waals surface area contributed by atoms with E-state index in [-0.39, 0.29) is 0 Å². The Hall–Kier alpha value is -1.90. The fraction of sp³-hybridized carbons (Fsp3) is 0.158. The lowest BCUT2D eigenvalue weighted by atomic mass is 10.0. The molecule has 0 heterocycles. The Morgan fingerprint density at radius 1 is 1.00 bits per heavy atom. The van der Waals surface area contributed by atoms with Gasteiger partial charge in [-0.2, -0.15) is 0 Å². The van der Waals surface area contributed by atoms with Crippen LogP contribution in [0.4, 0.5) is 5.69 Å². The Labute approximate surface area is 146 Å². The molecule has 0 aliphatic rings. The Balaban J connectivity index is 1.97. The van der Waals surface area contributed by atoms with E-state index in [4.69, 9.17) is 27.9 Å². The van der Waals surface area contributed by atoms with E-state index in [0.29, 0.717) is 23.2 Å². The van der Waals surface area contributed by atoms with Crippen LogP contribution in [0.2, 0.25) is 10.0 Å². The fourth-order valence-corrected chi connectivity index (χ4v) is 2.96. The van der Waals surface area contributed by atoms with E-state index >= 15 is 0 Å². The topological polar surface area (TPSA) is 21.3 Å². The van der Waals surface area contributed by atoms with Crippen molar-refractivity contribution >= 4 is 39.7 Å². The molecule has 2 nitrogen and oxygen atoms in total. The molecule has 0 aliphatic heterocycles. The average Bonchev–Trinajstić information content (AvgIpc) is 2.57. The maximum atomic E-state index is 6.23. The van der Waals surface area contributed by atoms with E-state index < -0.39 is 0 Å². The largest absolute Gasteiger partial charge is 0.494 e. The lowest BCUT2D eigenvalue weighted by molar-refractivity contribution is 0.337. The molecule has 3 aromatic carbocycles. The Kier molecular flexibility index (Phi) is 4.94. The third kappa shape index (κ3) is 3.54. The molecule has 0 aromatic heterocycles. The van der Waals surface area contributed by atoms with Crippen LogP contribution < -0.4 is 10.1 Å². The number of anilines is 1. The van der Waals surface area contributed by atoms with Crippen molar-refractivity contribution in [1.82, 2.24) is 0 Å². The highest BCUT2D eigenvalue weighted by Gasteiger charge is 2.10. The molecule has 0 fully saturated rings. The molecule has 0 amide bonds. The van der Waals surface area contributed by atoms with Gasteiger partial charge in [-0.3, -0.25) is 0 Å². The summed E-state index contributed by atoms with van der Waals surface area (Å²) in [6.45, 7) is 3.22. The summed E-state index contributed by atoms with van der Waals surface area (Å²) in [6, 6.07) is 17.8. The molecule has 0 saturated heterocycles. The molecule has 4 heteroatoms. The molecule has 23 heavy (non-hydrogen) atoms. The molecule has 0 radical (unpaired) electrons. The molecule has 3 rings (SSSR count). The summed E-state index contributed by atoms with van der Waals surface area (Å²) in [7, 11) is 0. The van der Waals surface area contributed by atoms with Gasteiger partial charge in [0.05, 0.1) is 17.3 Å². The highest BCUT2D eigenvalue weighted by atomic mass is 35.5. The third-order valence-electron chi connectivity index (χ3n) is 3.68. The molecule has 0 spiro atoms. The lowest BCUT2D eigenvalue weighted by Gasteiger charge is -2.15. The van der Waals surface area contributed by atoms with Crippen LogP contribution >= 0.6 is 23.2 Å². The zero-order valence-corrected chi connectivity index (χ0v) is 14.3. The maximum absolute atomic E-state index is 6.23. The summed E-state index contributed by atoms with van der Waals surface area (Å²) in [6.07, 6.45) is 0. The zero-order chi connectivity index (χ0) is 16.2. The molecule has 0 bridgehead atoms. The quantitative estimate of drug-likeness (QED) is 0.598. The summed E-state index contributed by atoms with van der Waals surface area (Å²) in [4.78, 5) is 0. The van der Waals surface area contributed by atoms with Gasteiger partial charge < -0.3 is 10.1 Å². The first kappa shape index (κ1) is 16.0. The van der Waals surface area contributed by atoms with E-state index in [2.05, 4.69) is 23.5 Å². The number of fused-ring (bicyclic) bond motifs is 1. The Morgan fingerprint density at radius 2 is 1.83 bits per heavy atom. The van der Waals surface area contributed by atoms with Crippen molar-refractivity contribution in [2.45, 2.75) is 13.5 Å². The zero-order valence-electron chi connectivity index (χ0n) is 12.8.